The first-order valence-electron chi connectivity index (χ1n) is 7.29. The van der Waals surface area contributed by atoms with E-state index in [-0.39, 0.29) is 0 Å². The number of rotatable bonds is 3. The highest BCUT2D eigenvalue weighted by atomic mass is 15.2. The van der Waals surface area contributed by atoms with E-state index in [4.69, 9.17) is 0 Å². The molecule has 2 aliphatic heterocycles. The molecule has 3 fully saturated rings. The second-order valence-corrected chi connectivity index (χ2v) is 6.20. The summed E-state index contributed by atoms with van der Waals surface area (Å²) in [6.07, 6.45) is 5.79. The van der Waals surface area contributed by atoms with E-state index in [2.05, 4.69) is 16.7 Å². The fraction of sp³-hybridized carbons (Fsp3) is 1.00. The lowest BCUT2D eigenvalue weighted by Crippen LogP contribution is -2.35. The standard InChI is InChI=1S/C14H26N2/c1-12-13-10-16(11-14(12)13)9-8-15-6-4-2-3-5-7-15/h12-14H,2-11H2,1H3/t12?,13-,14+. The molecular formula is C14H26N2. The van der Waals surface area contributed by atoms with Crippen molar-refractivity contribution in [2.45, 2.75) is 32.6 Å². The Kier molecular flexibility index (Phi) is 3.21. The van der Waals surface area contributed by atoms with Crippen molar-refractivity contribution in [3.63, 3.8) is 0 Å². The van der Waals surface area contributed by atoms with Crippen LogP contribution in [0.3, 0.4) is 0 Å². The highest BCUT2D eigenvalue weighted by Crippen LogP contribution is 2.50. The van der Waals surface area contributed by atoms with E-state index >= 15 is 0 Å². The molecule has 2 heterocycles. The maximum absolute atomic E-state index is 2.71. The molecule has 0 radical (unpaired) electrons. The zero-order valence-corrected chi connectivity index (χ0v) is 10.7. The molecule has 0 aromatic heterocycles. The third kappa shape index (κ3) is 2.28. The van der Waals surface area contributed by atoms with Gasteiger partial charge in [0.15, 0.2) is 0 Å². The predicted molar refractivity (Wildman–Crippen MR) is 67.5 cm³/mol. The zero-order chi connectivity index (χ0) is 11.0. The van der Waals surface area contributed by atoms with Crippen LogP contribution < -0.4 is 0 Å². The Bertz CT molecular complexity index is 221. The van der Waals surface area contributed by atoms with Crippen molar-refractivity contribution >= 4 is 0 Å². The average Bonchev–Trinajstić information content (AvgIpc) is 2.79. The first-order chi connectivity index (χ1) is 7.84. The molecule has 1 saturated carbocycles. The number of fused-ring (bicyclic) bond motifs is 1. The molecule has 16 heavy (non-hydrogen) atoms. The Balaban J connectivity index is 1.37. The summed E-state index contributed by atoms with van der Waals surface area (Å²) in [5.74, 6) is 3.20. The van der Waals surface area contributed by atoms with Gasteiger partial charge in [0.1, 0.15) is 0 Å². The van der Waals surface area contributed by atoms with Gasteiger partial charge in [-0.1, -0.05) is 19.8 Å². The molecule has 3 rings (SSSR count). The average molecular weight is 222 g/mol. The van der Waals surface area contributed by atoms with Crippen LogP contribution in [0.15, 0.2) is 0 Å². The number of piperidine rings is 1. The quantitative estimate of drug-likeness (QED) is 0.721. The summed E-state index contributed by atoms with van der Waals surface area (Å²) in [6, 6.07) is 0. The fourth-order valence-corrected chi connectivity index (χ4v) is 3.74. The van der Waals surface area contributed by atoms with Gasteiger partial charge in [0.2, 0.25) is 0 Å². The molecule has 0 amide bonds. The Morgan fingerprint density at radius 3 is 2.00 bits per heavy atom. The van der Waals surface area contributed by atoms with Crippen LogP contribution in [-0.2, 0) is 0 Å². The third-order valence-electron chi connectivity index (χ3n) is 5.13. The lowest BCUT2D eigenvalue weighted by molar-refractivity contribution is 0.214. The van der Waals surface area contributed by atoms with E-state index in [0.29, 0.717) is 0 Å². The molecule has 2 heteroatoms. The Hall–Kier alpha value is -0.0800. The number of hydrogen-bond donors (Lipinski definition) is 0. The summed E-state index contributed by atoms with van der Waals surface area (Å²) in [6.45, 7) is 10.6. The highest BCUT2D eigenvalue weighted by Gasteiger charge is 2.52. The van der Waals surface area contributed by atoms with Gasteiger partial charge in [-0.2, -0.15) is 0 Å². The molecule has 2 nitrogen and oxygen atoms in total. The fourth-order valence-electron chi connectivity index (χ4n) is 3.74. The van der Waals surface area contributed by atoms with Gasteiger partial charge in [0.25, 0.3) is 0 Å². The van der Waals surface area contributed by atoms with Gasteiger partial charge in [0, 0.05) is 26.2 Å². The van der Waals surface area contributed by atoms with Crippen LogP contribution in [0.5, 0.6) is 0 Å². The summed E-state index contributed by atoms with van der Waals surface area (Å²) < 4.78 is 0. The largest absolute Gasteiger partial charge is 0.302 e. The van der Waals surface area contributed by atoms with Gasteiger partial charge in [-0.05, 0) is 43.7 Å². The third-order valence-corrected chi connectivity index (χ3v) is 5.13. The van der Waals surface area contributed by atoms with Crippen molar-refractivity contribution in [1.29, 1.82) is 0 Å². The van der Waals surface area contributed by atoms with Crippen molar-refractivity contribution in [3.8, 4) is 0 Å². The van der Waals surface area contributed by atoms with E-state index in [1.807, 2.05) is 0 Å². The van der Waals surface area contributed by atoms with Crippen molar-refractivity contribution in [2.24, 2.45) is 17.8 Å². The number of nitrogens with zero attached hydrogens (tertiary/aromatic N) is 2. The normalized spacial score (nSPS) is 40.7. The van der Waals surface area contributed by atoms with Crippen molar-refractivity contribution in [1.82, 2.24) is 9.80 Å². The minimum atomic E-state index is 1.05. The molecule has 1 unspecified atom stereocenters. The lowest BCUT2D eigenvalue weighted by Gasteiger charge is -2.25. The van der Waals surface area contributed by atoms with E-state index in [9.17, 15) is 0 Å². The monoisotopic (exact) mass is 222 g/mol. The first-order valence-corrected chi connectivity index (χ1v) is 7.29. The summed E-state index contributed by atoms with van der Waals surface area (Å²) in [7, 11) is 0. The molecule has 0 aromatic carbocycles. The van der Waals surface area contributed by atoms with Gasteiger partial charge in [-0.3, -0.25) is 0 Å². The van der Waals surface area contributed by atoms with Crippen LogP contribution >= 0.6 is 0 Å². The summed E-state index contributed by atoms with van der Waals surface area (Å²) in [5.41, 5.74) is 0. The molecule has 92 valence electrons. The summed E-state index contributed by atoms with van der Waals surface area (Å²) in [4.78, 5) is 5.40. The van der Waals surface area contributed by atoms with E-state index in [0.717, 1.165) is 17.8 Å². The minimum Gasteiger partial charge on any atom is -0.302 e. The van der Waals surface area contributed by atoms with E-state index in [1.54, 1.807) is 0 Å². The van der Waals surface area contributed by atoms with Crippen LogP contribution in [0.2, 0.25) is 0 Å². The summed E-state index contributed by atoms with van der Waals surface area (Å²) >= 11 is 0. The molecule has 1 aliphatic carbocycles. The topological polar surface area (TPSA) is 6.48 Å². The second-order valence-electron chi connectivity index (χ2n) is 6.20. The predicted octanol–water partition coefficient (Wildman–Crippen LogP) is 2.06. The van der Waals surface area contributed by atoms with Crippen molar-refractivity contribution in [2.75, 3.05) is 39.3 Å². The van der Waals surface area contributed by atoms with Crippen LogP contribution in [-0.4, -0.2) is 49.1 Å². The van der Waals surface area contributed by atoms with Gasteiger partial charge in [-0.25, -0.2) is 0 Å². The highest BCUT2D eigenvalue weighted by molar-refractivity contribution is 5.02. The van der Waals surface area contributed by atoms with E-state index < -0.39 is 0 Å². The molecule has 2 saturated heterocycles. The Morgan fingerprint density at radius 2 is 1.38 bits per heavy atom. The smallest absolute Gasteiger partial charge is 0.0110 e. The molecular weight excluding hydrogens is 196 g/mol. The Morgan fingerprint density at radius 1 is 0.812 bits per heavy atom. The van der Waals surface area contributed by atoms with Gasteiger partial charge in [0.05, 0.1) is 0 Å². The van der Waals surface area contributed by atoms with Crippen LogP contribution in [0.1, 0.15) is 32.6 Å². The van der Waals surface area contributed by atoms with Crippen LogP contribution in [0, 0.1) is 17.8 Å². The van der Waals surface area contributed by atoms with Gasteiger partial charge < -0.3 is 9.80 Å². The van der Waals surface area contributed by atoms with Crippen molar-refractivity contribution in [3.05, 3.63) is 0 Å². The van der Waals surface area contributed by atoms with Crippen molar-refractivity contribution < 1.29 is 0 Å². The molecule has 3 aliphatic rings. The molecule has 0 bridgehead atoms. The number of hydrogen-bond acceptors (Lipinski definition) is 2. The minimum absolute atomic E-state index is 1.05. The zero-order valence-electron chi connectivity index (χ0n) is 10.7. The maximum atomic E-state index is 2.71. The molecule has 3 atom stereocenters. The molecule has 0 aromatic rings. The molecule has 0 N–H and O–H groups in total. The lowest BCUT2D eigenvalue weighted by atomic mass is 10.2. The molecule has 0 spiro atoms. The number of likely N-dealkylation sites (tertiary alicyclic amines) is 2. The van der Waals surface area contributed by atoms with Crippen LogP contribution in [0.4, 0.5) is 0 Å². The second kappa shape index (κ2) is 4.66. The summed E-state index contributed by atoms with van der Waals surface area (Å²) in [5, 5.41) is 0. The SMILES string of the molecule is CC1[C@H]2CN(CCN3CCCCCC3)C[C@@H]12. The first kappa shape index (κ1) is 11.0. The van der Waals surface area contributed by atoms with Gasteiger partial charge in [-0.15, -0.1) is 0 Å². The van der Waals surface area contributed by atoms with Gasteiger partial charge >= 0.3 is 0 Å². The maximum Gasteiger partial charge on any atom is 0.0110 e. The van der Waals surface area contributed by atoms with E-state index in [1.165, 1.54) is 65.0 Å². The van der Waals surface area contributed by atoms with Crippen LogP contribution in [0.25, 0.3) is 0 Å². The Labute approximate surface area is 100.0 Å².